The molecule has 0 saturated heterocycles. The van der Waals surface area contributed by atoms with Crippen LogP contribution in [0.4, 0.5) is 5.69 Å². The molecule has 0 aliphatic rings. The molecule has 100 valence electrons. The molecular weight excluding hydrogens is 270 g/mol. The number of nitrogens with zero attached hydrogens (tertiary/aromatic N) is 3. The Hall–Kier alpha value is -2.13. The fraction of sp³-hybridized carbons (Fsp3) is 0.333. The van der Waals surface area contributed by atoms with E-state index in [1.807, 2.05) is 6.07 Å². The summed E-state index contributed by atoms with van der Waals surface area (Å²) in [6.45, 7) is 1.69. The van der Waals surface area contributed by atoms with E-state index in [1.54, 1.807) is 6.92 Å². The second-order valence-corrected chi connectivity index (χ2v) is 4.43. The van der Waals surface area contributed by atoms with Gasteiger partial charge in [0.15, 0.2) is 0 Å². The first-order valence-corrected chi connectivity index (χ1v) is 5.85. The fourth-order valence-corrected chi connectivity index (χ4v) is 1.78. The molecule has 0 saturated carbocycles. The predicted molar refractivity (Wildman–Crippen MR) is 69.9 cm³/mol. The number of carbonyl (C=O) groups excluding carboxylic acids is 1. The summed E-state index contributed by atoms with van der Waals surface area (Å²) < 4.78 is 0. The van der Waals surface area contributed by atoms with Crippen LogP contribution in [0.1, 0.15) is 23.7 Å². The number of carbonyl (C=O) groups is 1. The number of nitro benzene ring substituents is 1. The van der Waals surface area contributed by atoms with Gasteiger partial charge in [-0.1, -0.05) is 17.7 Å². The first kappa shape index (κ1) is 14.9. The Balaban J connectivity index is 3.17. The average molecular weight is 282 g/mol. The summed E-state index contributed by atoms with van der Waals surface area (Å²) in [7, 11) is 1.50. The number of amides is 1. The van der Waals surface area contributed by atoms with Gasteiger partial charge in [-0.3, -0.25) is 14.9 Å². The molecule has 0 aliphatic carbocycles. The Morgan fingerprint density at radius 2 is 2.26 bits per heavy atom. The van der Waals surface area contributed by atoms with Crippen molar-refractivity contribution in [3.63, 3.8) is 0 Å². The van der Waals surface area contributed by atoms with E-state index < -0.39 is 16.5 Å². The van der Waals surface area contributed by atoms with Gasteiger partial charge in [0, 0.05) is 13.1 Å². The van der Waals surface area contributed by atoms with Gasteiger partial charge in [-0.15, -0.1) is 0 Å². The van der Waals surface area contributed by atoms with Crippen LogP contribution < -0.4 is 0 Å². The summed E-state index contributed by atoms with van der Waals surface area (Å²) in [5.41, 5.74) is -0.491. The van der Waals surface area contributed by atoms with Gasteiger partial charge in [-0.2, -0.15) is 5.26 Å². The van der Waals surface area contributed by atoms with Crippen LogP contribution >= 0.6 is 11.6 Å². The highest BCUT2D eigenvalue weighted by molar-refractivity contribution is 6.33. The maximum absolute atomic E-state index is 12.2. The number of halogens is 1. The lowest BCUT2D eigenvalue weighted by Crippen LogP contribution is -2.35. The molecular formula is C12H12ClN3O3. The maximum Gasteiger partial charge on any atom is 0.300 e. The zero-order valence-electron chi connectivity index (χ0n) is 10.5. The molecule has 1 amide bonds. The molecule has 6 nitrogen and oxygen atoms in total. The summed E-state index contributed by atoms with van der Waals surface area (Å²) in [4.78, 5) is 23.8. The third kappa shape index (κ3) is 3.20. The highest BCUT2D eigenvalue weighted by atomic mass is 35.5. The molecule has 0 N–H and O–H groups in total. The van der Waals surface area contributed by atoms with Crippen LogP contribution in [0.25, 0.3) is 0 Å². The second-order valence-electron chi connectivity index (χ2n) is 4.02. The van der Waals surface area contributed by atoms with E-state index in [9.17, 15) is 14.9 Å². The van der Waals surface area contributed by atoms with Crippen LogP contribution in [0.15, 0.2) is 18.2 Å². The number of hydrogen-bond acceptors (Lipinski definition) is 4. The van der Waals surface area contributed by atoms with E-state index >= 15 is 0 Å². The zero-order chi connectivity index (χ0) is 14.6. The van der Waals surface area contributed by atoms with Crippen molar-refractivity contribution in [2.75, 3.05) is 7.05 Å². The normalized spacial score (nSPS) is 11.5. The standard InChI is InChI=1S/C12H12ClN3O3/c1-8(6-7-14)15(2)12(17)9-4-3-5-10(13)11(9)16(18)19/h3-5,8H,6H2,1-2H3. The molecule has 19 heavy (non-hydrogen) atoms. The van der Waals surface area contributed by atoms with Crippen LogP contribution in [0.3, 0.4) is 0 Å². The maximum atomic E-state index is 12.2. The number of benzene rings is 1. The Morgan fingerprint density at radius 1 is 1.63 bits per heavy atom. The van der Waals surface area contributed by atoms with Gasteiger partial charge in [0.25, 0.3) is 5.91 Å². The van der Waals surface area contributed by atoms with Gasteiger partial charge in [0.05, 0.1) is 17.4 Å². The van der Waals surface area contributed by atoms with Crippen molar-refractivity contribution in [1.29, 1.82) is 5.26 Å². The molecule has 0 bridgehead atoms. The van der Waals surface area contributed by atoms with Crippen molar-refractivity contribution in [3.8, 4) is 6.07 Å². The van der Waals surface area contributed by atoms with Crippen LogP contribution in [0.2, 0.25) is 5.02 Å². The summed E-state index contributed by atoms with van der Waals surface area (Å²) in [6.07, 6.45) is 0.149. The molecule has 0 spiro atoms. The van der Waals surface area contributed by atoms with Crippen LogP contribution in [-0.4, -0.2) is 28.8 Å². The summed E-state index contributed by atoms with van der Waals surface area (Å²) >= 11 is 5.75. The van der Waals surface area contributed by atoms with Gasteiger partial charge in [0.2, 0.25) is 0 Å². The molecule has 0 aromatic heterocycles. The Bertz CT molecular complexity index is 554. The molecule has 7 heteroatoms. The number of hydrogen-bond donors (Lipinski definition) is 0. The second kappa shape index (κ2) is 6.16. The molecule has 0 radical (unpaired) electrons. The molecule has 0 heterocycles. The number of rotatable bonds is 4. The molecule has 1 aromatic carbocycles. The van der Waals surface area contributed by atoms with Gasteiger partial charge in [0.1, 0.15) is 10.6 Å². The smallest absolute Gasteiger partial charge is 0.300 e. The molecule has 1 rings (SSSR count). The van der Waals surface area contributed by atoms with Crippen molar-refractivity contribution in [1.82, 2.24) is 4.90 Å². The van der Waals surface area contributed by atoms with Crippen molar-refractivity contribution < 1.29 is 9.72 Å². The minimum Gasteiger partial charge on any atom is -0.338 e. The number of nitriles is 1. The molecule has 0 fully saturated rings. The third-order valence-electron chi connectivity index (χ3n) is 2.77. The van der Waals surface area contributed by atoms with Crippen LogP contribution in [-0.2, 0) is 0 Å². The first-order chi connectivity index (χ1) is 8.90. The zero-order valence-corrected chi connectivity index (χ0v) is 11.2. The van der Waals surface area contributed by atoms with E-state index in [4.69, 9.17) is 16.9 Å². The highest BCUT2D eigenvalue weighted by Gasteiger charge is 2.27. The van der Waals surface area contributed by atoms with E-state index in [1.165, 1.54) is 30.1 Å². The van der Waals surface area contributed by atoms with Crippen molar-refractivity contribution in [2.45, 2.75) is 19.4 Å². The lowest BCUT2D eigenvalue weighted by molar-refractivity contribution is -0.385. The van der Waals surface area contributed by atoms with Crippen molar-refractivity contribution in [3.05, 3.63) is 38.9 Å². The summed E-state index contributed by atoms with van der Waals surface area (Å²) in [5, 5.41) is 19.5. The third-order valence-corrected chi connectivity index (χ3v) is 3.07. The minimum absolute atomic E-state index is 0.0789. The van der Waals surface area contributed by atoms with Gasteiger partial charge in [-0.05, 0) is 19.1 Å². The van der Waals surface area contributed by atoms with Gasteiger partial charge >= 0.3 is 5.69 Å². The van der Waals surface area contributed by atoms with Gasteiger partial charge in [-0.25, -0.2) is 0 Å². The van der Waals surface area contributed by atoms with E-state index in [0.717, 1.165) is 0 Å². The topological polar surface area (TPSA) is 87.2 Å². The Kier molecular flexibility index (Phi) is 4.84. The molecule has 1 atom stereocenters. The Labute approximate surface area is 115 Å². The number of para-hydroxylation sites is 1. The fourth-order valence-electron chi connectivity index (χ4n) is 1.53. The lowest BCUT2D eigenvalue weighted by atomic mass is 10.1. The Morgan fingerprint density at radius 3 is 2.79 bits per heavy atom. The van der Waals surface area contributed by atoms with E-state index in [0.29, 0.717) is 0 Å². The summed E-state index contributed by atoms with van der Waals surface area (Å²) in [5.74, 6) is -0.531. The predicted octanol–water partition coefficient (Wildman–Crippen LogP) is 2.62. The SMILES string of the molecule is CC(CC#N)N(C)C(=O)c1cccc(Cl)c1[N+](=O)[O-]. The molecule has 1 aromatic rings. The lowest BCUT2D eigenvalue weighted by Gasteiger charge is -2.22. The molecule has 1 unspecified atom stereocenters. The van der Waals surface area contributed by atoms with Crippen molar-refractivity contribution >= 4 is 23.2 Å². The van der Waals surface area contributed by atoms with Crippen molar-refractivity contribution in [2.24, 2.45) is 0 Å². The molecule has 0 aliphatic heterocycles. The van der Waals surface area contributed by atoms with Crippen LogP contribution in [0, 0.1) is 21.4 Å². The monoisotopic (exact) mass is 281 g/mol. The van der Waals surface area contributed by atoms with Gasteiger partial charge < -0.3 is 4.90 Å². The van der Waals surface area contributed by atoms with E-state index in [-0.39, 0.29) is 23.0 Å². The largest absolute Gasteiger partial charge is 0.338 e. The minimum atomic E-state index is -0.682. The quantitative estimate of drug-likeness (QED) is 0.627. The average Bonchev–Trinajstić information content (AvgIpc) is 2.36. The van der Waals surface area contributed by atoms with Crippen LogP contribution in [0.5, 0.6) is 0 Å². The highest BCUT2D eigenvalue weighted by Crippen LogP contribution is 2.29. The van der Waals surface area contributed by atoms with E-state index in [2.05, 4.69) is 0 Å². The summed E-state index contributed by atoms with van der Waals surface area (Å²) in [6, 6.07) is 5.80. The number of nitro groups is 1. The first-order valence-electron chi connectivity index (χ1n) is 5.47.